The molecule has 0 saturated carbocycles. The van der Waals surface area contributed by atoms with Crippen LogP contribution in [-0.2, 0) is 6.42 Å². The molecule has 2 rings (SSSR count). The van der Waals surface area contributed by atoms with Gasteiger partial charge in [0.05, 0.1) is 0 Å². The molecule has 0 aliphatic carbocycles. The third-order valence-corrected chi connectivity index (χ3v) is 2.94. The summed E-state index contributed by atoms with van der Waals surface area (Å²) in [6.07, 6.45) is 2.40. The average Bonchev–Trinajstić information content (AvgIpc) is 2.55. The molecule has 0 aliphatic rings. The second-order valence-electron chi connectivity index (χ2n) is 4.39. The Morgan fingerprint density at radius 2 is 1.90 bits per heavy atom. The molecule has 0 atom stereocenters. The van der Waals surface area contributed by atoms with Crippen LogP contribution in [0.4, 0.5) is 0 Å². The number of aromatic nitrogens is 1. The molecular formula is C15H16N4O2. The smallest absolute Gasteiger partial charge is 0.251 e. The van der Waals surface area contributed by atoms with Crippen LogP contribution in [0.1, 0.15) is 21.6 Å². The van der Waals surface area contributed by atoms with E-state index in [2.05, 4.69) is 15.5 Å². The molecule has 4 N–H and O–H groups in total. The van der Waals surface area contributed by atoms with E-state index < -0.39 is 0 Å². The summed E-state index contributed by atoms with van der Waals surface area (Å²) in [5, 5.41) is 14.3. The highest BCUT2D eigenvalue weighted by atomic mass is 16.4. The number of amidine groups is 1. The zero-order valence-electron chi connectivity index (χ0n) is 11.4. The largest absolute Gasteiger partial charge is 0.409 e. The van der Waals surface area contributed by atoms with Crippen LogP contribution in [-0.4, -0.2) is 28.5 Å². The van der Waals surface area contributed by atoms with Crippen molar-refractivity contribution in [3.8, 4) is 0 Å². The van der Waals surface area contributed by atoms with Gasteiger partial charge >= 0.3 is 0 Å². The molecule has 0 unspecified atom stereocenters. The van der Waals surface area contributed by atoms with Gasteiger partial charge in [-0.15, -0.1) is 0 Å². The Morgan fingerprint density at radius 1 is 1.19 bits per heavy atom. The summed E-state index contributed by atoms with van der Waals surface area (Å²) in [5.41, 5.74) is 7.47. The van der Waals surface area contributed by atoms with Crippen LogP contribution in [0.15, 0.2) is 53.8 Å². The molecule has 1 heterocycles. The predicted molar refractivity (Wildman–Crippen MR) is 79.2 cm³/mol. The lowest BCUT2D eigenvalue weighted by molar-refractivity contribution is 0.0954. The first-order valence-electron chi connectivity index (χ1n) is 6.47. The first-order valence-corrected chi connectivity index (χ1v) is 6.47. The summed E-state index contributed by atoms with van der Waals surface area (Å²) < 4.78 is 0. The van der Waals surface area contributed by atoms with Gasteiger partial charge in [-0.1, -0.05) is 23.4 Å². The molecule has 1 amide bonds. The number of carbonyl (C=O) groups is 1. The lowest BCUT2D eigenvalue weighted by Gasteiger charge is -2.06. The minimum absolute atomic E-state index is 0.0112. The van der Waals surface area contributed by atoms with Gasteiger partial charge in [-0.3, -0.25) is 9.78 Å². The van der Waals surface area contributed by atoms with Gasteiger partial charge in [0, 0.05) is 36.0 Å². The van der Waals surface area contributed by atoms with Crippen LogP contribution in [0, 0.1) is 0 Å². The van der Waals surface area contributed by atoms with Gasteiger partial charge in [0.1, 0.15) is 0 Å². The fourth-order valence-corrected chi connectivity index (χ4v) is 1.80. The molecular weight excluding hydrogens is 268 g/mol. The van der Waals surface area contributed by atoms with Crippen LogP contribution in [0.5, 0.6) is 0 Å². The van der Waals surface area contributed by atoms with Gasteiger partial charge in [-0.2, -0.15) is 0 Å². The Morgan fingerprint density at radius 3 is 2.52 bits per heavy atom. The molecule has 0 bridgehead atoms. The maximum Gasteiger partial charge on any atom is 0.251 e. The van der Waals surface area contributed by atoms with E-state index in [-0.39, 0.29) is 11.7 Å². The van der Waals surface area contributed by atoms with Crippen molar-refractivity contribution in [3.63, 3.8) is 0 Å². The molecule has 6 heteroatoms. The van der Waals surface area contributed by atoms with E-state index in [1.807, 2.05) is 18.2 Å². The van der Waals surface area contributed by atoms with Crippen molar-refractivity contribution in [2.75, 3.05) is 6.54 Å². The zero-order chi connectivity index (χ0) is 15.1. The number of amides is 1. The molecule has 6 nitrogen and oxygen atoms in total. The highest BCUT2D eigenvalue weighted by molar-refractivity contribution is 5.99. The van der Waals surface area contributed by atoms with Gasteiger partial charge < -0.3 is 16.3 Å². The van der Waals surface area contributed by atoms with Crippen LogP contribution >= 0.6 is 0 Å². The maximum absolute atomic E-state index is 11.9. The van der Waals surface area contributed by atoms with Crippen molar-refractivity contribution >= 4 is 11.7 Å². The fourth-order valence-electron chi connectivity index (χ4n) is 1.80. The molecule has 21 heavy (non-hydrogen) atoms. The van der Waals surface area contributed by atoms with Crippen LogP contribution in [0.2, 0.25) is 0 Å². The monoisotopic (exact) mass is 284 g/mol. The van der Waals surface area contributed by atoms with Gasteiger partial charge in [-0.05, 0) is 24.3 Å². The Bertz CT molecular complexity index is 624. The van der Waals surface area contributed by atoms with Gasteiger partial charge in [0.25, 0.3) is 5.91 Å². The highest BCUT2D eigenvalue weighted by Crippen LogP contribution is 2.04. The average molecular weight is 284 g/mol. The molecule has 0 saturated heterocycles. The maximum atomic E-state index is 11.9. The molecule has 1 aromatic heterocycles. The van der Waals surface area contributed by atoms with Gasteiger partial charge in [0.2, 0.25) is 0 Å². The summed E-state index contributed by atoms with van der Waals surface area (Å²) in [6.45, 7) is 0.512. The van der Waals surface area contributed by atoms with Crippen LogP contribution in [0.25, 0.3) is 0 Å². The standard InChI is InChI=1S/C15H16N4O2/c16-14(19-21)11-4-6-12(7-5-11)15(20)18-10-8-13-3-1-2-9-17-13/h1-7,9,21H,8,10H2,(H2,16,19)(H,18,20). The summed E-state index contributed by atoms with van der Waals surface area (Å²) >= 11 is 0. The van der Waals surface area contributed by atoms with Crippen molar-refractivity contribution in [2.24, 2.45) is 10.9 Å². The van der Waals surface area contributed by atoms with E-state index in [0.29, 0.717) is 24.1 Å². The van der Waals surface area contributed by atoms with Gasteiger partial charge in [0.15, 0.2) is 5.84 Å². The van der Waals surface area contributed by atoms with Crippen LogP contribution < -0.4 is 11.1 Å². The first kappa shape index (κ1) is 14.5. The number of oxime groups is 1. The Hall–Kier alpha value is -2.89. The number of carbonyl (C=O) groups excluding carboxylic acids is 1. The van der Waals surface area contributed by atoms with Crippen molar-refractivity contribution in [2.45, 2.75) is 6.42 Å². The molecule has 2 aromatic rings. The molecule has 0 fully saturated rings. The Kier molecular flexibility index (Phi) is 4.87. The number of nitrogens with zero attached hydrogens (tertiary/aromatic N) is 2. The number of rotatable bonds is 5. The SMILES string of the molecule is N/C(=N\O)c1ccc(C(=O)NCCc2ccccn2)cc1. The molecule has 0 radical (unpaired) electrons. The molecule has 108 valence electrons. The quantitative estimate of drug-likeness (QED) is 0.332. The zero-order valence-corrected chi connectivity index (χ0v) is 11.4. The van der Waals surface area contributed by atoms with E-state index in [0.717, 1.165) is 5.69 Å². The molecule has 0 aliphatic heterocycles. The minimum atomic E-state index is -0.169. The summed E-state index contributed by atoms with van der Waals surface area (Å²) in [6, 6.07) is 12.2. The molecule has 0 spiro atoms. The van der Waals surface area contributed by atoms with Crippen molar-refractivity contribution in [1.29, 1.82) is 0 Å². The summed E-state index contributed by atoms with van der Waals surface area (Å²) in [4.78, 5) is 16.1. The number of nitrogens with two attached hydrogens (primary N) is 1. The number of pyridine rings is 1. The highest BCUT2D eigenvalue weighted by Gasteiger charge is 2.06. The van der Waals surface area contributed by atoms with E-state index in [1.54, 1.807) is 30.5 Å². The number of hydrogen-bond donors (Lipinski definition) is 3. The topological polar surface area (TPSA) is 101 Å². The lowest BCUT2D eigenvalue weighted by atomic mass is 10.1. The Balaban J connectivity index is 1.89. The summed E-state index contributed by atoms with van der Waals surface area (Å²) in [7, 11) is 0. The van der Waals surface area contributed by atoms with Crippen molar-refractivity contribution < 1.29 is 10.0 Å². The number of hydrogen-bond acceptors (Lipinski definition) is 4. The number of benzene rings is 1. The van der Waals surface area contributed by atoms with Crippen molar-refractivity contribution in [3.05, 3.63) is 65.5 Å². The summed E-state index contributed by atoms with van der Waals surface area (Å²) in [5.74, 6) is -0.158. The second kappa shape index (κ2) is 7.04. The van der Waals surface area contributed by atoms with E-state index in [4.69, 9.17) is 10.9 Å². The van der Waals surface area contributed by atoms with Gasteiger partial charge in [-0.25, -0.2) is 0 Å². The first-order chi connectivity index (χ1) is 10.2. The third-order valence-electron chi connectivity index (χ3n) is 2.94. The number of nitrogens with one attached hydrogen (secondary N) is 1. The minimum Gasteiger partial charge on any atom is -0.409 e. The second-order valence-corrected chi connectivity index (χ2v) is 4.39. The normalized spacial score (nSPS) is 11.1. The van der Waals surface area contributed by atoms with Crippen molar-refractivity contribution in [1.82, 2.24) is 10.3 Å². The molecule has 1 aromatic carbocycles. The van der Waals surface area contributed by atoms with E-state index in [1.165, 1.54) is 0 Å². The Labute approximate surface area is 122 Å². The van der Waals surface area contributed by atoms with E-state index in [9.17, 15) is 4.79 Å². The van der Waals surface area contributed by atoms with Crippen LogP contribution in [0.3, 0.4) is 0 Å². The fraction of sp³-hybridized carbons (Fsp3) is 0.133. The van der Waals surface area contributed by atoms with E-state index >= 15 is 0 Å². The third kappa shape index (κ3) is 4.04. The lowest BCUT2D eigenvalue weighted by Crippen LogP contribution is -2.26. The predicted octanol–water partition coefficient (Wildman–Crippen LogP) is 1.15.